The van der Waals surface area contributed by atoms with Crippen molar-refractivity contribution in [1.29, 1.82) is 0 Å². The first-order chi connectivity index (χ1) is 16.9. The van der Waals surface area contributed by atoms with Crippen molar-refractivity contribution in [2.24, 2.45) is 0 Å². The number of anilines is 2. The SMILES string of the molecule is CCOCCCn1c(NC(=O)CN2C(=O)c3ccccc3N3C(=O)CCC23C)nc2ccccc21. The van der Waals surface area contributed by atoms with Crippen molar-refractivity contribution in [1.82, 2.24) is 14.5 Å². The summed E-state index contributed by atoms with van der Waals surface area (Å²) in [6, 6.07) is 14.8. The third-order valence-corrected chi connectivity index (χ3v) is 6.83. The van der Waals surface area contributed by atoms with Crippen molar-refractivity contribution in [2.45, 2.75) is 45.3 Å². The van der Waals surface area contributed by atoms with Gasteiger partial charge in [-0.15, -0.1) is 0 Å². The number of fused-ring (bicyclic) bond motifs is 4. The van der Waals surface area contributed by atoms with Gasteiger partial charge in [0.1, 0.15) is 12.2 Å². The van der Waals surface area contributed by atoms with Crippen LogP contribution in [0.1, 0.15) is 43.5 Å². The number of rotatable bonds is 8. The van der Waals surface area contributed by atoms with E-state index < -0.39 is 5.66 Å². The highest BCUT2D eigenvalue weighted by Gasteiger charge is 2.53. The number of nitrogens with one attached hydrogen (secondary N) is 1. The first-order valence-electron chi connectivity index (χ1n) is 12.0. The van der Waals surface area contributed by atoms with Gasteiger partial charge in [0.25, 0.3) is 5.91 Å². The van der Waals surface area contributed by atoms with Gasteiger partial charge in [-0.25, -0.2) is 4.98 Å². The number of para-hydroxylation sites is 3. The summed E-state index contributed by atoms with van der Waals surface area (Å²) in [5.41, 5.74) is 1.84. The Balaban J connectivity index is 1.41. The minimum absolute atomic E-state index is 0.0473. The molecule has 2 aliphatic heterocycles. The van der Waals surface area contributed by atoms with Crippen LogP contribution in [0.3, 0.4) is 0 Å². The summed E-state index contributed by atoms with van der Waals surface area (Å²) in [5.74, 6) is -0.231. The maximum absolute atomic E-state index is 13.4. The molecule has 0 spiro atoms. The molecule has 5 rings (SSSR count). The van der Waals surface area contributed by atoms with Crippen LogP contribution in [0.5, 0.6) is 0 Å². The van der Waals surface area contributed by atoms with Crippen LogP contribution in [-0.2, 0) is 20.9 Å². The van der Waals surface area contributed by atoms with Crippen molar-refractivity contribution >= 4 is 40.4 Å². The molecule has 35 heavy (non-hydrogen) atoms. The number of amides is 3. The number of imidazole rings is 1. The first kappa shape index (κ1) is 23.0. The van der Waals surface area contributed by atoms with Gasteiger partial charge in [-0.3, -0.25) is 24.6 Å². The van der Waals surface area contributed by atoms with Crippen molar-refractivity contribution in [2.75, 3.05) is 30.0 Å². The zero-order chi connectivity index (χ0) is 24.6. The van der Waals surface area contributed by atoms with Crippen molar-refractivity contribution in [3.8, 4) is 0 Å². The molecule has 182 valence electrons. The molecule has 1 aromatic heterocycles. The van der Waals surface area contributed by atoms with E-state index in [-0.39, 0.29) is 24.3 Å². The van der Waals surface area contributed by atoms with Crippen LogP contribution in [0.2, 0.25) is 0 Å². The van der Waals surface area contributed by atoms with Gasteiger partial charge < -0.3 is 14.2 Å². The van der Waals surface area contributed by atoms with E-state index in [1.54, 1.807) is 23.1 Å². The predicted octanol–water partition coefficient (Wildman–Crippen LogP) is 3.40. The zero-order valence-corrected chi connectivity index (χ0v) is 20.0. The van der Waals surface area contributed by atoms with Gasteiger partial charge in [-0.2, -0.15) is 0 Å². The maximum atomic E-state index is 13.4. The Kier molecular flexibility index (Phi) is 6.02. The molecule has 0 bridgehead atoms. The number of carbonyl (C=O) groups excluding carboxylic acids is 3. The van der Waals surface area contributed by atoms with Gasteiger partial charge >= 0.3 is 0 Å². The lowest BCUT2D eigenvalue weighted by atomic mass is 9.98. The van der Waals surface area contributed by atoms with E-state index in [4.69, 9.17) is 4.74 Å². The molecule has 1 unspecified atom stereocenters. The smallest absolute Gasteiger partial charge is 0.258 e. The van der Waals surface area contributed by atoms with E-state index in [0.29, 0.717) is 49.8 Å². The van der Waals surface area contributed by atoms with E-state index in [1.807, 2.05) is 48.7 Å². The highest BCUT2D eigenvalue weighted by Crippen LogP contribution is 2.43. The van der Waals surface area contributed by atoms with Gasteiger partial charge in [0.2, 0.25) is 17.8 Å². The Hall–Kier alpha value is -3.72. The Morgan fingerprint density at radius 1 is 1.14 bits per heavy atom. The largest absolute Gasteiger partial charge is 0.382 e. The van der Waals surface area contributed by atoms with Crippen molar-refractivity contribution < 1.29 is 19.1 Å². The Labute approximate surface area is 203 Å². The molecule has 1 saturated heterocycles. The summed E-state index contributed by atoms with van der Waals surface area (Å²) in [6.07, 6.45) is 1.56. The van der Waals surface area contributed by atoms with E-state index in [9.17, 15) is 14.4 Å². The fraction of sp³-hybridized carbons (Fsp3) is 0.385. The third-order valence-electron chi connectivity index (χ3n) is 6.83. The molecule has 1 atom stereocenters. The highest BCUT2D eigenvalue weighted by atomic mass is 16.5. The van der Waals surface area contributed by atoms with E-state index in [0.717, 1.165) is 17.5 Å². The minimum Gasteiger partial charge on any atom is -0.382 e. The molecule has 1 N–H and O–H groups in total. The second-order valence-corrected chi connectivity index (χ2v) is 9.03. The average molecular weight is 476 g/mol. The molecule has 2 aliphatic rings. The molecular formula is C26H29N5O4. The van der Waals surface area contributed by atoms with Crippen LogP contribution in [0.4, 0.5) is 11.6 Å². The Morgan fingerprint density at radius 3 is 2.74 bits per heavy atom. The van der Waals surface area contributed by atoms with Crippen molar-refractivity contribution in [3.63, 3.8) is 0 Å². The molecule has 9 heteroatoms. The summed E-state index contributed by atoms with van der Waals surface area (Å²) in [7, 11) is 0. The number of hydrogen-bond acceptors (Lipinski definition) is 5. The monoisotopic (exact) mass is 475 g/mol. The highest BCUT2D eigenvalue weighted by molar-refractivity contribution is 6.11. The molecule has 9 nitrogen and oxygen atoms in total. The Bertz CT molecular complexity index is 1300. The lowest BCUT2D eigenvalue weighted by Crippen LogP contribution is -2.63. The number of aryl methyl sites for hydroxylation is 1. The molecule has 0 aliphatic carbocycles. The van der Waals surface area contributed by atoms with Crippen LogP contribution in [0.15, 0.2) is 48.5 Å². The number of carbonyl (C=O) groups is 3. The predicted molar refractivity (Wildman–Crippen MR) is 132 cm³/mol. The van der Waals surface area contributed by atoms with E-state index in [2.05, 4.69) is 10.3 Å². The average Bonchev–Trinajstić information content (AvgIpc) is 3.36. The normalized spacial score (nSPS) is 19.3. The number of aromatic nitrogens is 2. The van der Waals surface area contributed by atoms with Crippen LogP contribution >= 0.6 is 0 Å². The summed E-state index contributed by atoms with van der Waals surface area (Å²) in [5, 5.41) is 2.92. The molecule has 3 amide bonds. The lowest BCUT2D eigenvalue weighted by molar-refractivity contribution is -0.120. The number of hydrogen-bond donors (Lipinski definition) is 1. The molecule has 2 aromatic carbocycles. The Morgan fingerprint density at radius 2 is 1.91 bits per heavy atom. The molecule has 0 saturated carbocycles. The maximum Gasteiger partial charge on any atom is 0.258 e. The fourth-order valence-corrected chi connectivity index (χ4v) is 5.12. The van der Waals surface area contributed by atoms with Gasteiger partial charge in [-0.1, -0.05) is 24.3 Å². The summed E-state index contributed by atoms with van der Waals surface area (Å²) >= 11 is 0. The molecule has 3 aromatic rings. The number of benzene rings is 2. The topological polar surface area (TPSA) is 96.8 Å². The van der Waals surface area contributed by atoms with E-state index in [1.165, 1.54) is 4.90 Å². The van der Waals surface area contributed by atoms with Crippen LogP contribution < -0.4 is 10.2 Å². The summed E-state index contributed by atoms with van der Waals surface area (Å²) in [4.78, 5) is 47.3. The first-order valence-corrected chi connectivity index (χ1v) is 12.0. The van der Waals surface area contributed by atoms with Gasteiger partial charge in [0.15, 0.2) is 0 Å². The van der Waals surface area contributed by atoms with Crippen LogP contribution in [0, 0.1) is 0 Å². The quantitative estimate of drug-likeness (QED) is 0.504. The molecule has 1 fully saturated rings. The zero-order valence-electron chi connectivity index (χ0n) is 20.0. The second kappa shape index (κ2) is 9.14. The van der Waals surface area contributed by atoms with Crippen molar-refractivity contribution in [3.05, 3.63) is 54.1 Å². The third kappa shape index (κ3) is 3.95. The number of ether oxygens (including phenoxy) is 1. The standard InChI is InChI=1S/C26H29N5O4/c1-3-35-16-8-15-29-21-12-7-5-10-19(21)27-25(29)28-22(32)17-30-24(34)18-9-4-6-11-20(18)31-23(33)13-14-26(30,31)2/h4-7,9-12H,3,8,13-17H2,1-2H3,(H,27,28,32). The molecule has 0 radical (unpaired) electrons. The fourth-order valence-electron chi connectivity index (χ4n) is 5.12. The number of nitrogens with zero attached hydrogens (tertiary/aromatic N) is 4. The van der Waals surface area contributed by atoms with Gasteiger partial charge in [-0.05, 0) is 51.0 Å². The van der Waals surface area contributed by atoms with Crippen LogP contribution in [0.25, 0.3) is 11.0 Å². The molecular weight excluding hydrogens is 446 g/mol. The second-order valence-electron chi connectivity index (χ2n) is 9.03. The van der Waals surface area contributed by atoms with Gasteiger partial charge in [0.05, 0.1) is 22.3 Å². The summed E-state index contributed by atoms with van der Waals surface area (Å²) in [6.45, 7) is 5.52. The summed E-state index contributed by atoms with van der Waals surface area (Å²) < 4.78 is 7.43. The van der Waals surface area contributed by atoms with E-state index >= 15 is 0 Å². The van der Waals surface area contributed by atoms with Crippen LogP contribution in [-0.4, -0.2) is 57.6 Å². The molecule has 3 heterocycles. The minimum atomic E-state index is -0.891. The van der Waals surface area contributed by atoms with Gasteiger partial charge in [0, 0.05) is 26.2 Å². The lowest BCUT2D eigenvalue weighted by Gasteiger charge is -2.48.